The number of nitrogens with zero attached hydrogens (tertiary/aromatic N) is 6. The molecule has 0 bridgehead atoms. The van der Waals surface area contributed by atoms with Gasteiger partial charge in [-0.25, -0.2) is 9.97 Å². The lowest BCUT2D eigenvalue weighted by Gasteiger charge is -2.37. The van der Waals surface area contributed by atoms with Gasteiger partial charge in [0.15, 0.2) is 5.16 Å². The van der Waals surface area contributed by atoms with Crippen LogP contribution in [-0.4, -0.2) is 91.0 Å². The number of carbonyl (C=O) groups excluding carboxylic acids is 2. The number of benzene rings is 3. The molecule has 9 nitrogen and oxygen atoms in total. The molecule has 0 unspecified atom stereocenters. The van der Waals surface area contributed by atoms with Crippen LogP contribution in [0, 0.1) is 0 Å². The first-order valence-electron chi connectivity index (χ1n) is 15.3. The van der Waals surface area contributed by atoms with E-state index >= 15 is 0 Å². The predicted molar refractivity (Wildman–Crippen MR) is 179 cm³/mol. The number of rotatable bonds is 8. The van der Waals surface area contributed by atoms with E-state index in [4.69, 9.17) is 14.7 Å². The van der Waals surface area contributed by atoms with E-state index < -0.39 is 0 Å². The van der Waals surface area contributed by atoms with Crippen LogP contribution in [0.25, 0.3) is 11.3 Å². The smallest absolute Gasteiger partial charge is 0.253 e. The highest BCUT2D eigenvalue weighted by Crippen LogP contribution is 2.29. The van der Waals surface area contributed by atoms with Crippen molar-refractivity contribution in [2.24, 2.45) is 0 Å². The van der Waals surface area contributed by atoms with Crippen molar-refractivity contribution in [3.05, 3.63) is 96.1 Å². The fraction of sp³-hybridized carbons (Fsp3) is 0.314. The number of hydrogen-bond donors (Lipinski definition) is 0. The number of ether oxygens (including phenoxy) is 1. The summed E-state index contributed by atoms with van der Waals surface area (Å²) in [5, 5.41) is 0.729. The zero-order valence-corrected chi connectivity index (χ0v) is 26.6. The maximum absolute atomic E-state index is 13.0. The summed E-state index contributed by atoms with van der Waals surface area (Å²) in [6, 6.07) is 28.4. The molecule has 1 aromatic heterocycles. The Morgan fingerprint density at radius 1 is 0.756 bits per heavy atom. The van der Waals surface area contributed by atoms with Gasteiger partial charge in [0.25, 0.3) is 5.91 Å². The number of piperazine rings is 2. The Labute approximate surface area is 268 Å². The fourth-order valence-electron chi connectivity index (χ4n) is 5.68. The molecule has 6 rings (SSSR count). The van der Waals surface area contributed by atoms with Crippen molar-refractivity contribution in [3.8, 4) is 17.0 Å². The Morgan fingerprint density at radius 2 is 1.40 bits per heavy atom. The van der Waals surface area contributed by atoms with Crippen molar-refractivity contribution in [3.63, 3.8) is 0 Å². The second-order valence-corrected chi connectivity index (χ2v) is 12.2. The summed E-state index contributed by atoms with van der Waals surface area (Å²) in [5.41, 5.74) is 4.93. The number of hydrogen-bond acceptors (Lipinski definition) is 8. The number of thioether (sulfide) groups is 1. The minimum absolute atomic E-state index is 0.00744. The molecule has 3 heterocycles. The third-order valence-electron chi connectivity index (χ3n) is 8.38. The Morgan fingerprint density at radius 3 is 2.04 bits per heavy atom. The van der Waals surface area contributed by atoms with Crippen molar-refractivity contribution in [1.82, 2.24) is 19.8 Å². The summed E-state index contributed by atoms with van der Waals surface area (Å²) < 4.78 is 5.32. The zero-order valence-electron chi connectivity index (χ0n) is 25.8. The van der Waals surface area contributed by atoms with E-state index in [1.165, 1.54) is 5.69 Å². The monoisotopic (exact) mass is 622 g/mol. The normalized spacial score (nSPS) is 15.2. The molecule has 0 saturated carbocycles. The summed E-state index contributed by atoms with van der Waals surface area (Å²) in [4.78, 5) is 42.9. The van der Waals surface area contributed by atoms with Gasteiger partial charge in [-0.15, -0.1) is 0 Å². The van der Waals surface area contributed by atoms with Gasteiger partial charge >= 0.3 is 0 Å². The molecule has 232 valence electrons. The van der Waals surface area contributed by atoms with Gasteiger partial charge in [-0.05, 0) is 42.0 Å². The van der Waals surface area contributed by atoms with Gasteiger partial charge in [-0.1, -0.05) is 54.2 Å². The molecular formula is C35H38N6O3S. The lowest BCUT2D eigenvalue weighted by molar-refractivity contribution is -0.130. The maximum Gasteiger partial charge on any atom is 0.253 e. The molecule has 3 aromatic carbocycles. The fourth-order valence-corrected chi connectivity index (χ4v) is 6.49. The van der Waals surface area contributed by atoms with E-state index in [9.17, 15) is 9.59 Å². The summed E-state index contributed by atoms with van der Waals surface area (Å²) in [7, 11) is 1.69. The van der Waals surface area contributed by atoms with Gasteiger partial charge in [-0.2, -0.15) is 0 Å². The van der Waals surface area contributed by atoms with Gasteiger partial charge in [0.1, 0.15) is 11.6 Å². The van der Waals surface area contributed by atoms with Gasteiger partial charge in [0.2, 0.25) is 5.91 Å². The van der Waals surface area contributed by atoms with Crippen LogP contribution in [0.4, 0.5) is 11.5 Å². The molecule has 2 fully saturated rings. The van der Waals surface area contributed by atoms with Crippen LogP contribution in [-0.2, 0) is 10.5 Å². The zero-order chi connectivity index (χ0) is 31.2. The predicted octanol–water partition coefficient (Wildman–Crippen LogP) is 5.08. The highest BCUT2D eigenvalue weighted by Gasteiger charge is 2.24. The Hall–Kier alpha value is -4.57. The van der Waals surface area contributed by atoms with E-state index in [-0.39, 0.29) is 11.8 Å². The third-order valence-corrected chi connectivity index (χ3v) is 9.30. The van der Waals surface area contributed by atoms with E-state index in [2.05, 4.69) is 40.1 Å². The quantitative estimate of drug-likeness (QED) is 0.199. The van der Waals surface area contributed by atoms with Crippen molar-refractivity contribution < 1.29 is 14.3 Å². The average Bonchev–Trinajstić information content (AvgIpc) is 3.11. The topological polar surface area (TPSA) is 82.1 Å². The van der Waals surface area contributed by atoms with Crippen molar-refractivity contribution in [2.75, 3.05) is 69.3 Å². The van der Waals surface area contributed by atoms with Crippen LogP contribution in [0.1, 0.15) is 22.8 Å². The molecule has 2 aliphatic heterocycles. The average molecular weight is 623 g/mol. The van der Waals surface area contributed by atoms with Crippen LogP contribution in [0.5, 0.6) is 5.75 Å². The van der Waals surface area contributed by atoms with Crippen LogP contribution >= 0.6 is 11.8 Å². The molecular weight excluding hydrogens is 584 g/mol. The molecule has 2 amide bonds. The van der Waals surface area contributed by atoms with Gasteiger partial charge in [-0.3, -0.25) is 9.59 Å². The lowest BCUT2D eigenvalue weighted by atomic mass is 10.1. The van der Waals surface area contributed by atoms with Crippen LogP contribution in [0.15, 0.2) is 90.1 Å². The van der Waals surface area contributed by atoms with Crippen molar-refractivity contribution >= 4 is 35.1 Å². The van der Waals surface area contributed by atoms with Crippen LogP contribution in [0.2, 0.25) is 0 Å². The summed E-state index contributed by atoms with van der Waals surface area (Å²) in [6.45, 7) is 7.38. The van der Waals surface area contributed by atoms with Crippen LogP contribution in [0.3, 0.4) is 0 Å². The molecule has 2 aliphatic rings. The van der Waals surface area contributed by atoms with E-state index in [1.54, 1.807) is 30.7 Å². The number of carbonyl (C=O) groups is 2. The van der Waals surface area contributed by atoms with Gasteiger partial charge < -0.3 is 24.3 Å². The molecule has 0 spiro atoms. The molecule has 4 aromatic rings. The first kappa shape index (κ1) is 30.5. The highest BCUT2D eigenvalue weighted by atomic mass is 32.2. The summed E-state index contributed by atoms with van der Waals surface area (Å²) in [5.74, 6) is 2.55. The van der Waals surface area contributed by atoms with E-state index in [0.717, 1.165) is 59.7 Å². The van der Waals surface area contributed by atoms with Crippen molar-refractivity contribution in [2.45, 2.75) is 17.8 Å². The lowest BCUT2D eigenvalue weighted by Crippen LogP contribution is -2.50. The van der Waals surface area contributed by atoms with E-state index in [0.29, 0.717) is 37.5 Å². The molecule has 0 N–H and O–H groups in total. The van der Waals surface area contributed by atoms with E-state index in [1.807, 2.05) is 59.5 Å². The number of aromatic nitrogens is 2. The molecule has 45 heavy (non-hydrogen) atoms. The third kappa shape index (κ3) is 7.39. The van der Waals surface area contributed by atoms with Crippen LogP contribution < -0.4 is 14.5 Å². The second-order valence-electron chi connectivity index (χ2n) is 11.2. The first-order chi connectivity index (χ1) is 22.0. The van der Waals surface area contributed by atoms with Crippen molar-refractivity contribution in [1.29, 1.82) is 0 Å². The maximum atomic E-state index is 13.0. The Balaban J connectivity index is 1.12. The second kappa shape index (κ2) is 14.0. The molecule has 0 aliphatic carbocycles. The molecule has 0 radical (unpaired) electrons. The summed E-state index contributed by atoms with van der Waals surface area (Å²) >= 11 is 1.60. The molecule has 0 atom stereocenters. The number of amides is 2. The highest BCUT2D eigenvalue weighted by molar-refractivity contribution is 7.98. The van der Waals surface area contributed by atoms with Gasteiger partial charge in [0.05, 0.1) is 12.8 Å². The molecule has 10 heteroatoms. The first-order valence-corrected chi connectivity index (χ1v) is 16.3. The molecule has 2 saturated heterocycles. The minimum atomic E-state index is 0.00744. The SMILES string of the molecule is COc1ccc(N2CCN(c3cc(-c4ccccc4)nc(SCc4ccc(C(=O)N5CCN(C(C)=O)CC5)cc4)n3)CC2)cc1. The summed E-state index contributed by atoms with van der Waals surface area (Å²) in [6.07, 6.45) is 0. The standard InChI is InChI=1S/C35H38N6O3S/c1-26(42)38-16-22-41(23-17-38)34(43)29-10-8-27(9-11-29)25-45-35-36-32(28-6-4-3-5-7-28)24-33(37-35)40-20-18-39(19-21-40)30-12-14-31(44-2)15-13-30/h3-15,24H,16-23,25H2,1-2H3. The number of methoxy groups -OCH3 is 1. The number of anilines is 2. The van der Waals surface area contributed by atoms with Gasteiger partial charge in [0, 0.05) is 87.9 Å². The Bertz CT molecular complexity index is 1600. The Kier molecular flexibility index (Phi) is 9.49. The largest absolute Gasteiger partial charge is 0.497 e. The minimum Gasteiger partial charge on any atom is -0.497 e.